The van der Waals surface area contributed by atoms with Crippen LogP contribution in [0.5, 0.6) is 5.75 Å². The van der Waals surface area contributed by atoms with Gasteiger partial charge in [-0.1, -0.05) is 11.6 Å². The molecule has 7 heteroatoms. The summed E-state index contributed by atoms with van der Waals surface area (Å²) in [5, 5.41) is 20.8. The number of carbonyl (C=O) groups is 2. The van der Waals surface area contributed by atoms with Crippen LogP contribution >= 0.6 is 11.6 Å². The Kier molecular flexibility index (Phi) is 3.86. The quantitative estimate of drug-likeness (QED) is 0.806. The minimum atomic E-state index is -1.19. The highest BCUT2D eigenvalue weighted by Gasteiger charge is 2.12. The summed E-state index contributed by atoms with van der Waals surface area (Å²) in [7, 11) is 0. The number of hydrogen-bond donors (Lipinski definition) is 3. The molecule has 3 N–H and O–H groups in total. The molecule has 0 aliphatic carbocycles. The van der Waals surface area contributed by atoms with Gasteiger partial charge < -0.3 is 15.5 Å². The first-order valence-corrected chi connectivity index (χ1v) is 5.83. The number of nitrogens with one attached hydrogen (secondary N) is 1. The number of anilines is 1. The average molecular weight is 293 g/mol. The van der Waals surface area contributed by atoms with Crippen molar-refractivity contribution in [2.24, 2.45) is 0 Å². The molecule has 1 aromatic carbocycles. The maximum absolute atomic E-state index is 11.9. The second kappa shape index (κ2) is 5.58. The normalized spacial score (nSPS) is 10.1. The highest BCUT2D eigenvalue weighted by atomic mass is 35.5. The van der Waals surface area contributed by atoms with Crippen molar-refractivity contribution in [1.29, 1.82) is 0 Å². The SMILES string of the molecule is O=C(Nc1ccc(Cl)c(C(=O)O)c1)c1cncc(O)c1. The van der Waals surface area contributed by atoms with Crippen LogP contribution in [0.4, 0.5) is 5.69 Å². The molecule has 1 aromatic heterocycles. The first kappa shape index (κ1) is 13.8. The Bertz CT molecular complexity index is 688. The third kappa shape index (κ3) is 3.04. The number of halogens is 1. The van der Waals surface area contributed by atoms with Crippen LogP contribution in [0.15, 0.2) is 36.7 Å². The summed E-state index contributed by atoms with van der Waals surface area (Å²) in [5.74, 6) is -1.85. The molecule has 0 atom stereocenters. The van der Waals surface area contributed by atoms with Gasteiger partial charge in [0, 0.05) is 11.9 Å². The number of carbonyl (C=O) groups excluding carboxylic acids is 1. The van der Waals surface area contributed by atoms with Crippen molar-refractivity contribution >= 4 is 29.2 Å². The molecule has 6 nitrogen and oxygen atoms in total. The molecule has 0 saturated heterocycles. The van der Waals surface area contributed by atoms with Crippen LogP contribution in [0.3, 0.4) is 0 Å². The number of amides is 1. The molecule has 2 rings (SSSR count). The molecule has 0 unspecified atom stereocenters. The number of carboxylic acids is 1. The number of aromatic carboxylic acids is 1. The van der Waals surface area contributed by atoms with Gasteiger partial charge in [0.1, 0.15) is 5.75 Å². The fourth-order valence-corrected chi connectivity index (χ4v) is 1.72. The lowest BCUT2D eigenvalue weighted by Gasteiger charge is -2.07. The Morgan fingerprint density at radius 3 is 2.60 bits per heavy atom. The topological polar surface area (TPSA) is 99.5 Å². The molecule has 1 heterocycles. The van der Waals surface area contributed by atoms with Gasteiger partial charge in [0.05, 0.1) is 22.3 Å². The number of benzene rings is 1. The molecule has 102 valence electrons. The molecule has 0 bridgehead atoms. The number of nitrogens with zero attached hydrogens (tertiary/aromatic N) is 1. The molecular formula is C13H9ClN2O4. The van der Waals surface area contributed by atoms with Crippen LogP contribution in [0, 0.1) is 0 Å². The van der Waals surface area contributed by atoms with E-state index in [4.69, 9.17) is 16.7 Å². The summed E-state index contributed by atoms with van der Waals surface area (Å²) in [5.41, 5.74) is 0.315. The summed E-state index contributed by atoms with van der Waals surface area (Å²) in [4.78, 5) is 26.5. The number of aromatic hydroxyl groups is 1. The van der Waals surface area contributed by atoms with Gasteiger partial charge in [-0.25, -0.2) is 4.79 Å². The first-order valence-electron chi connectivity index (χ1n) is 5.45. The fourth-order valence-electron chi connectivity index (χ4n) is 1.52. The standard InChI is InChI=1S/C13H9ClN2O4/c14-11-2-1-8(4-10(11)13(19)20)16-12(18)7-3-9(17)6-15-5-7/h1-6,17H,(H,16,18)(H,19,20). The van der Waals surface area contributed by atoms with Crippen molar-refractivity contribution < 1.29 is 19.8 Å². The van der Waals surface area contributed by atoms with Crippen molar-refractivity contribution in [3.8, 4) is 5.75 Å². The highest BCUT2D eigenvalue weighted by Crippen LogP contribution is 2.21. The molecular weight excluding hydrogens is 284 g/mol. The number of rotatable bonds is 3. The summed E-state index contributed by atoms with van der Waals surface area (Å²) in [6.07, 6.45) is 2.48. The van der Waals surface area contributed by atoms with E-state index in [0.29, 0.717) is 0 Å². The predicted octanol–water partition coefficient (Wildman–Crippen LogP) is 2.39. The zero-order chi connectivity index (χ0) is 14.7. The zero-order valence-corrected chi connectivity index (χ0v) is 10.8. The maximum Gasteiger partial charge on any atom is 0.337 e. The Labute approximate surface area is 118 Å². The van der Waals surface area contributed by atoms with Gasteiger partial charge in [-0.3, -0.25) is 9.78 Å². The van der Waals surface area contributed by atoms with E-state index in [0.717, 1.165) is 0 Å². The minimum Gasteiger partial charge on any atom is -0.506 e. The smallest absolute Gasteiger partial charge is 0.337 e. The van der Waals surface area contributed by atoms with E-state index in [-0.39, 0.29) is 27.6 Å². The average Bonchev–Trinajstić information content (AvgIpc) is 2.40. The van der Waals surface area contributed by atoms with Gasteiger partial charge in [0.15, 0.2) is 0 Å². The van der Waals surface area contributed by atoms with Crippen molar-refractivity contribution in [1.82, 2.24) is 4.98 Å². The lowest BCUT2D eigenvalue weighted by atomic mass is 10.2. The first-order chi connectivity index (χ1) is 9.47. The molecule has 1 amide bonds. The van der Waals surface area contributed by atoms with E-state index in [1.54, 1.807) is 0 Å². The molecule has 0 fully saturated rings. The Balaban J connectivity index is 2.24. The van der Waals surface area contributed by atoms with Crippen LogP contribution < -0.4 is 5.32 Å². The van der Waals surface area contributed by atoms with Crippen LogP contribution in [0.2, 0.25) is 5.02 Å². The third-order valence-electron chi connectivity index (χ3n) is 2.44. The molecule has 20 heavy (non-hydrogen) atoms. The number of hydrogen-bond acceptors (Lipinski definition) is 4. The van der Waals surface area contributed by atoms with E-state index in [9.17, 15) is 14.7 Å². The molecule has 0 aliphatic rings. The molecule has 0 aliphatic heterocycles. The molecule has 0 spiro atoms. The van der Waals surface area contributed by atoms with Crippen molar-refractivity contribution in [2.45, 2.75) is 0 Å². The van der Waals surface area contributed by atoms with Gasteiger partial charge in [0.25, 0.3) is 5.91 Å². The van der Waals surface area contributed by atoms with E-state index >= 15 is 0 Å². The van der Waals surface area contributed by atoms with E-state index in [1.807, 2.05) is 0 Å². The predicted molar refractivity (Wildman–Crippen MR) is 72.3 cm³/mol. The van der Waals surface area contributed by atoms with E-state index in [1.165, 1.54) is 36.7 Å². The zero-order valence-electron chi connectivity index (χ0n) is 10.0. The van der Waals surface area contributed by atoms with Crippen LogP contribution in [-0.4, -0.2) is 27.1 Å². The number of aromatic nitrogens is 1. The van der Waals surface area contributed by atoms with Gasteiger partial charge in [-0.15, -0.1) is 0 Å². The third-order valence-corrected chi connectivity index (χ3v) is 2.77. The fraction of sp³-hybridized carbons (Fsp3) is 0. The molecule has 0 saturated carbocycles. The summed E-state index contributed by atoms with van der Waals surface area (Å²) >= 11 is 5.73. The van der Waals surface area contributed by atoms with Crippen molar-refractivity contribution in [3.05, 3.63) is 52.8 Å². The lowest BCUT2D eigenvalue weighted by molar-refractivity contribution is 0.0696. The summed E-state index contributed by atoms with van der Waals surface area (Å²) in [6, 6.07) is 5.35. The van der Waals surface area contributed by atoms with E-state index < -0.39 is 11.9 Å². The largest absolute Gasteiger partial charge is 0.506 e. The molecule has 0 radical (unpaired) electrons. The van der Waals surface area contributed by atoms with Gasteiger partial charge >= 0.3 is 5.97 Å². The minimum absolute atomic E-state index is 0.0783. The molecule has 2 aromatic rings. The lowest BCUT2D eigenvalue weighted by Crippen LogP contribution is -2.12. The van der Waals surface area contributed by atoms with Gasteiger partial charge in [-0.2, -0.15) is 0 Å². The van der Waals surface area contributed by atoms with Crippen LogP contribution in [0.25, 0.3) is 0 Å². The number of carboxylic acid groups (broad SMARTS) is 1. The van der Waals surface area contributed by atoms with Gasteiger partial charge in [0.2, 0.25) is 0 Å². The highest BCUT2D eigenvalue weighted by molar-refractivity contribution is 6.33. The second-order valence-corrected chi connectivity index (χ2v) is 4.29. The summed E-state index contributed by atoms with van der Waals surface area (Å²) < 4.78 is 0. The Morgan fingerprint density at radius 1 is 1.20 bits per heavy atom. The number of pyridine rings is 1. The monoisotopic (exact) mass is 292 g/mol. The second-order valence-electron chi connectivity index (χ2n) is 3.89. The summed E-state index contributed by atoms with van der Waals surface area (Å²) in [6.45, 7) is 0. The van der Waals surface area contributed by atoms with Crippen molar-refractivity contribution in [2.75, 3.05) is 5.32 Å². The van der Waals surface area contributed by atoms with Crippen LogP contribution in [-0.2, 0) is 0 Å². The van der Waals surface area contributed by atoms with Gasteiger partial charge in [-0.05, 0) is 24.3 Å². The Hall–Kier alpha value is -2.60. The maximum atomic E-state index is 11.9. The van der Waals surface area contributed by atoms with Crippen molar-refractivity contribution in [3.63, 3.8) is 0 Å². The Morgan fingerprint density at radius 2 is 1.95 bits per heavy atom. The van der Waals surface area contributed by atoms with E-state index in [2.05, 4.69) is 10.3 Å². The van der Waals surface area contributed by atoms with Crippen LogP contribution in [0.1, 0.15) is 20.7 Å².